The smallest absolute Gasteiger partial charge is 0.0347 e. The van der Waals surface area contributed by atoms with Crippen molar-refractivity contribution in [3.63, 3.8) is 0 Å². The molecule has 0 aliphatic carbocycles. The van der Waals surface area contributed by atoms with Gasteiger partial charge in [-0.2, -0.15) is 0 Å². The first-order chi connectivity index (χ1) is 8.00. The van der Waals surface area contributed by atoms with Gasteiger partial charge in [-0.1, -0.05) is 32.0 Å². The van der Waals surface area contributed by atoms with Crippen LogP contribution in [0, 0.1) is 5.92 Å². The van der Waals surface area contributed by atoms with Crippen LogP contribution in [0.3, 0.4) is 0 Å². The first-order valence-electron chi connectivity index (χ1n) is 6.54. The normalized spacial score (nSPS) is 13.3. The summed E-state index contributed by atoms with van der Waals surface area (Å²) in [7, 11) is 2.20. The summed E-state index contributed by atoms with van der Waals surface area (Å²) in [5, 5.41) is 0. The Morgan fingerprint density at radius 3 is 2.41 bits per heavy atom. The largest absolute Gasteiger partial charge is 0.399 e. The maximum absolute atomic E-state index is 5.95. The molecule has 1 unspecified atom stereocenters. The zero-order chi connectivity index (χ0) is 12.8. The van der Waals surface area contributed by atoms with Crippen molar-refractivity contribution in [3.8, 4) is 0 Å². The Kier molecular flexibility index (Phi) is 5.49. The van der Waals surface area contributed by atoms with Crippen molar-refractivity contribution < 1.29 is 0 Å². The highest BCUT2D eigenvalue weighted by Gasteiger charge is 2.11. The van der Waals surface area contributed by atoms with Gasteiger partial charge in [0.2, 0.25) is 0 Å². The van der Waals surface area contributed by atoms with Crippen molar-refractivity contribution in [3.05, 3.63) is 29.8 Å². The van der Waals surface area contributed by atoms with Crippen LogP contribution in [0.15, 0.2) is 24.3 Å². The van der Waals surface area contributed by atoms with Crippen molar-refractivity contribution in [1.82, 2.24) is 4.90 Å². The van der Waals surface area contributed by atoms with Crippen molar-refractivity contribution in [2.45, 2.75) is 39.7 Å². The first kappa shape index (κ1) is 14.0. The number of hydrogen-bond acceptors (Lipinski definition) is 2. The molecule has 2 heteroatoms. The Labute approximate surface area is 106 Å². The van der Waals surface area contributed by atoms with Crippen LogP contribution in [0.5, 0.6) is 0 Å². The minimum absolute atomic E-state index is 0.639. The second-order valence-corrected chi connectivity index (χ2v) is 5.41. The molecule has 0 aromatic heterocycles. The van der Waals surface area contributed by atoms with E-state index in [1.165, 1.54) is 12.0 Å². The molecule has 1 aromatic rings. The monoisotopic (exact) mass is 234 g/mol. The summed E-state index contributed by atoms with van der Waals surface area (Å²) >= 11 is 0. The van der Waals surface area contributed by atoms with Gasteiger partial charge in [-0.05, 0) is 44.4 Å². The zero-order valence-electron chi connectivity index (χ0n) is 11.6. The number of nitrogen functional groups attached to an aromatic ring is 1. The van der Waals surface area contributed by atoms with Gasteiger partial charge in [0.05, 0.1) is 0 Å². The second-order valence-electron chi connectivity index (χ2n) is 5.41. The molecule has 0 heterocycles. The number of anilines is 1. The Morgan fingerprint density at radius 1 is 1.18 bits per heavy atom. The highest BCUT2D eigenvalue weighted by molar-refractivity contribution is 5.46. The van der Waals surface area contributed by atoms with Crippen LogP contribution in [-0.4, -0.2) is 24.5 Å². The fourth-order valence-corrected chi connectivity index (χ4v) is 2.14. The molecule has 2 N–H and O–H groups in total. The van der Waals surface area contributed by atoms with Gasteiger partial charge in [-0.3, -0.25) is 0 Å². The number of nitrogens with zero attached hydrogens (tertiary/aromatic N) is 1. The summed E-state index contributed by atoms with van der Waals surface area (Å²) in [5.74, 6) is 0.759. The van der Waals surface area contributed by atoms with Crippen molar-refractivity contribution in [2.75, 3.05) is 19.3 Å². The summed E-state index contributed by atoms with van der Waals surface area (Å²) in [6.07, 6.45) is 2.28. The van der Waals surface area contributed by atoms with Gasteiger partial charge in [0.15, 0.2) is 0 Å². The van der Waals surface area contributed by atoms with Crippen LogP contribution in [0.1, 0.15) is 32.8 Å². The molecule has 17 heavy (non-hydrogen) atoms. The minimum atomic E-state index is 0.639. The lowest BCUT2D eigenvalue weighted by molar-refractivity contribution is 0.231. The molecule has 0 fully saturated rings. The SMILES string of the molecule is CC(C)CC(C)N(C)CCc1ccccc1N. The summed E-state index contributed by atoms with van der Waals surface area (Å²) in [4.78, 5) is 2.42. The quantitative estimate of drug-likeness (QED) is 0.766. The van der Waals surface area contributed by atoms with E-state index in [4.69, 9.17) is 5.73 Å². The van der Waals surface area contributed by atoms with Crippen LogP contribution in [0.2, 0.25) is 0 Å². The topological polar surface area (TPSA) is 29.3 Å². The Bertz CT molecular complexity index is 333. The fraction of sp³-hybridized carbons (Fsp3) is 0.600. The molecule has 96 valence electrons. The number of hydrogen-bond donors (Lipinski definition) is 1. The Balaban J connectivity index is 2.43. The molecule has 1 atom stereocenters. The van der Waals surface area contributed by atoms with E-state index in [0.717, 1.165) is 24.6 Å². The predicted molar refractivity (Wildman–Crippen MR) is 76.1 cm³/mol. The molecule has 0 saturated carbocycles. The van der Waals surface area contributed by atoms with E-state index in [0.29, 0.717) is 6.04 Å². The van der Waals surface area contributed by atoms with Gasteiger partial charge in [0.1, 0.15) is 0 Å². The molecule has 1 rings (SSSR count). The highest BCUT2D eigenvalue weighted by Crippen LogP contribution is 2.14. The molecule has 0 spiro atoms. The van der Waals surface area contributed by atoms with Crippen LogP contribution in [-0.2, 0) is 6.42 Å². The van der Waals surface area contributed by atoms with Crippen LogP contribution in [0.4, 0.5) is 5.69 Å². The van der Waals surface area contributed by atoms with E-state index in [-0.39, 0.29) is 0 Å². The average molecular weight is 234 g/mol. The van der Waals surface area contributed by atoms with Gasteiger partial charge < -0.3 is 10.6 Å². The summed E-state index contributed by atoms with van der Waals surface area (Å²) in [5.41, 5.74) is 8.12. The maximum atomic E-state index is 5.95. The van der Waals surface area contributed by atoms with Gasteiger partial charge in [-0.25, -0.2) is 0 Å². The van der Waals surface area contributed by atoms with Gasteiger partial charge in [0.25, 0.3) is 0 Å². The predicted octanol–water partition coefficient (Wildman–Crippen LogP) is 3.18. The van der Waals surface area contributed by atoms with Gasteiger partial charge >= 0.3 is 0 Å². The average Bonchev–Trinajstić information content (AvgIpc) is 2.26. The van der Waals surface area contributed by atoms with E-state index >= 15 is 0 Å². The summed E-state index contributed by atoms with van der Waals surface area (Å²) < 4.78 is 0. The van der Waals surface area contributed by atoms with E-state index in [9.17, 15) is 0 Å². The van der Waals surface area contributed by atoms with Gasteiger partial charge in [0, 0.05) is 18.3 Å². The summed E-state index contributed by atoms with van der Waals surface area (Å²) in [6.45, 7) is 7.93. The molecule has 0 amide bonds. The lowest BCUT2D eigenvalue weighted by atomic mass is 10.0. The second kappa shape index (κ2) is 6.65. The number of para-hydroxylation sites is 1. The zero-order valence-corrected chi connectivity index (χ0v) is 11.6. The lowest BCUT2D eigenvalue weighted by Crippen LogP contribution is -2.32. The van der Waals surface area contributed by atoms with Gasteiger partial charge in [-0.15, -0.1) is 0 Å². The van der Waals surface area contributed by atoms with E-state index in [1.54, 1.807) is 0 Å². The third kappa shape index (κ3) is 4.78. The molecule has 0 aliphatic heterocycles. The van der Waals surface area contributed by atoms with Crippen molar-refractivity contribution in [1.29, 1.82) is 0 Å². The molecular formula is C15H26N2. The van der Waals surface area contributed by atoms with E-state index in [1.807, 2.05) is 12.1 Å². The van der Waals surface area contributed by atoms with Crippen molar-refractivity contribution >= 4 is 5.69 Å². The molecule has 0 saturated heterocycles. The number of rotatable bonds is 6. The number of nitrogens with two attached hydrogens (primary N) is 1. The minimum Gasteiger partial charge on any atom is -0.399 e. The Hall–Kier alpha value is -1.02. The number of likely N-dealkylation sites (N-methyl/N-ethyl adjacent to an activating group) is 1. The molecule has 2 nitrogen and oxygen atoms in total. The third-order valence-corrected chi connectivity index (χ3v) is 3.35. The molecule has 0 bridgehead atoms. The number of benzene rings is 1. The lowest BCUT2D eigenvalue weighted by Gasteiger charge is -2.26. The molecular weight excluding hydrogens is 208 g/mol. The third-order valence-electron chi connectivity index (χ3n) is 3.35. The molecule has 0 radical (unpaired) electrons. The Morgan fingerprint density at radius 2 is 1.82 bits per heavy atom. The molecule has 0 aliphatic rings. The van der Waals surface area contributed by atoms with Crippen LogP contribution >= 0.6 is 0 Å². The maximum Gasteiger partial charge on any atom is 0.0347 e. The standard InChI is InChI=1S/C15H26N2/c1-12(2)11-13(3)17(4)10-9-14-7-5-6-8-15(14)16/h5-8,12-13H,9-11,16H2,1-4H3. The highest BCUT2D eigenvalue weighted by atomic mass is 15.1. The fourth-order valence-electron chi connectivity index (χ4n) is 2.14. The van der Waals surface area contributed by atoms with Crippen molar-refractivity contribution in [2.24, 2.45) is 5.92 Å². The summed E-state index contributed by atoms with van der Waals surface area (Å²) in [6, 6.07) is 8.79. The van der Waals surface area contributed by atoms with E-state index < -0.39 is 0 Å². The van der Waals surface area contributed by atoms with Crippen LogP contribution < -0.4 is 5.73 Å². The first-order valence-corrected chi connectivity index (χ1v) is 6.54. The van der Waals surface area contributed by atoms with E-state index in [2.05, 4.69) is 44.9 Å². The van der Waals surface area contributed by atoms with Crippen LogP contribution in [0.25, 0.3) is 0 Å². The molecule has 1 aromatic carbocycles.